The van der Waals surface area contributed by atoms with E-state index in [2.05, 4.69) is 104 Å². The number of hydrogen-bond acceptors (Lipinski definition) is 2. The van der Waals surface area contributed by atoms with Gasteiger partial charge >= 0.3 is 0 Å². The highest BCUT2D eigenvalue weighted by Gasteiger charge is 2.55. The second-order valence-corrected chi connectivity index (χ2v) is 8.97. The van der Waals surface area contributed by atoms with Gasteiger partial charge in [-0.1, -0.05) is 71.0 Å². The van der Waals surface area contributed by atoms with Crippen molar-refractivity contribution in [1.29, 1.82) is 0 Å². The number of rotatable bonds is 6. The van der Waals surface area contributed by atoms with Gasteiger partial charge in [0.25, 0.3) is 5.82 Å². The van der Waals surface area contributed by atoms with Crippen LogP contribution >= 0.6 is 0 Å². The predicted octanol–water partition coefficient (Wildman–Crippen LogP) is 6.41. The maximum Gasteiger partial charge on any atom is 0.289 e. The van der Waals surface area contributed by atoms with Gasteiger partial charge in [0.1, 0.15) is 17.9 Å². The summed E-state index contributed by atoms with van der Waals surface area (Å²) in [6.45, 7) is 13.8. The molecule has 0 bridgehead atoms. The molecular formula is C29H39N4+. The number of anilines is 1. The Labute approximate surface area is 199 Å². The number of aliphatic imine (C=N–C) groups is 1. The van der Waals surface area contributed by atoms with Crippen LogP contribution in [0.4, 0.5) is 5.69 Å². The van der Waals surface area contributed by atoms with Gasteiger partial charge in [-0.15, -0.1) is 0 Å². The second-order valence-electron chi connectivity index (χ2n) is 8.97. The number of hydrogen-bond donors (Lipinski definition) is 1. The molecule has 0 unspecified atom stereocenters. The number of aromatic nitrogens is 2. The molecule has 0 saturated heterocycles. The molecule has 1 atom stereocenters. The number of imidazole rings is 1. The molecule has 0 aliphatic carbocycles. The Bertz CT molecular complexity index is 1140. The SMILES string of the molecule is CC.CC[C@@]1(CN=C/C=C\Nc2ccccc2C)n2cc[n+](C)c2-c2ccccc2C1(C)C. The minimum absolute atomic E-state index is 0.0577. The summed E-state index contributed by atoms with van der Waals surface area (Å²) in [6.07, 6.45) is 11.2. The summed E-state index contributed by atoms with van der Waals surface area (Å²) in [7, 11) is 2.13. The van der Waals surface area contributed by atoms with Crippen LogP contribution in [0.1, 0.15) is 52.2 Å². The lowest BCUT2D eigenvalue weighted by Crippen LogP contribution is -2.55. The van der Waals surface area contributed by atoms with Gasteiger partial charge in [-0.3, -0.25) is 4.99 Å². The van der Waals surface area contributed by atoms with Crippen molar-refractivity contribution in [3.63, 3.8) is 0 Å². The number of nitrogens with zero attached hydrogens (tertiary/aromatic N) is 3. The van der Waals surface area contributed by atoms with Crippen molar-refractivity contribution in [3.05, 3.63) is 84.3 Å². The summed E-state index contributed by atoms with van der Waals surface area (Å²) in [4.78, 5) is 4.89. The van der Waals surface area contributed by atoms with Gasteiger partial charge < -0.3 is 5.32 Å². The van der Waals surface area contributed by atoms with Crippen LogP contribution in [-0.4, -0.2) is 17.3 Å². The molecule has 0 spiro atoms. The van der Waals surface area contributed by atoms with E-state index < -0.39 is 0 Å². The quantitative estimate of drug-likeness (QED) is 0.347. The molecule has 174 valence electrons. The Balaban J connectivity index is 0.00000149. The molecule has 1 aromatic heterocycles. The number of aryl methyl sites for hydroxylation is 2. The molecule has 1 N–H and O–H groups in total. The van der Waals surface area contributed by atoms with Crippen LogP contribution < -0.4 is 9.88 Å². The molecule has 1 aliphatic rings. The highest BCUT2D eigenvalue weighted by molar-refractivity contribution is 5.72. The molecule has 0 amide bonds. The molecule has 33 heavy (non-hydrogen) atoms. The van der Waals surface area contributed by atoms with Gasteiger partial charge in [-0.25, -0.2) is 9.13 Å². The van der Waals surface area contributed by atoms with Crippen LogP contribution in [0.2, 0.25) is 0 Å². The molecule has 0 fully saturated rings. The number of allylic oxidation sites excluding steroid dienone is 1. The Kier molecular flexibility index (Phi) is 7.57. The van der Waals surface area contributed by atoms with Crippen LogP contribution in [0.5, 0.6) is 0 Å². The fourth-order valence-electron chi connectivity index (χ4n) is 5.10. The van der Waals surface area contributed by atoms with Gasteiger partial charge in [0.15, 0.2) is 0 Å². The first kappa shape index (κ1) is 24.5. The zero-order chi connectivity index (χ0) is 24.1. The highest BCUT2D eigenvalue weighted by atomic mass is 15.2. The van der Waals surface area contributed by atoms with Crippen LogP contribution in [0.3, 0.4) is 0 Å². The number of benzene rings is 2. The van der Waals surface area contributed by atoms with Crippen LogP contribution in [0.25, 0.3) is 11.4 Å². The van der Waals surface area contributed by atoms with Gasteiger partial charge in [0, 0.05) is 23.5 Å². The lowest BCUT2D eigenvalue weighted by atomic mass is 9.63. The van der Waals surface area contributed by atoms with Gasteiger partial charge in [0.05, 0.1) is 19.2 Å². The van der Waals surface area contributed by atoms with Gasteiger partial charge in [-0.05, 0) is 42.7 Å². The van der Waals surface area contributed by atoms with Crippen LogP contribution in [-0.2, 0) is 18.0 Å². The number of fused-ring (bicyclic) bond motifs is 3. The fraction of sp³-hybridized carbons (Fsp3) is 0.379. The van der Waals surface area contributed by atoms with E-state index >= 15 is 0 Å². The first-order valence-electron chi connectivity index (χ1n) is 12.1. The minimum Gasteiger partial charge on any atom is -0.361 e. The Morgan fingerprint density at radius 1 is 1.06 bits per heavy atom. The third-order valence-corrected chi connectivity index (χ3v) is 7.08. The molecule has 2 heterocycles. The molecule has 3 aromatic rings. The zero-order valence-corrected chi connectivity index (χ0v) is 21.3. The van der Waals surface area contributed by atoms with Gasteiger partial charge in [0.2, 0.25) is 0 Å². The summed E-state index contributed by atoms with van der Waals surface area (Å²) in [6, 6.07) is 17.1. The van der Waals surface area contributed by atoms with E-state index in [9.17, 15) is 0 Å². The van der Waals surface area contributed by atoms with Crippen molar-refractivity contribution in [1.82, 2.24) is 4.57 Å². The fourth-order valence-corrected chi connectivity index (χ4v) is 5.10. The third kappa shape index (κ3) is 4.27. The monoisotopic (exact) mass is 443 g/mol. The molecule has 1 aliphatic heterocycles. The van der Waals surface area contributed by atoms with Crippen molar-refractivity contribution >= 4 is 11.9 Å². The minimum atomic E-state index is -0.133. The maximum atomic E-state index is 4.89. The second kappa shape index (κ2) is 10.2. The van der Waals surface area contributed by atoms with E-state index in [0.29, 0.717) is 0 Å². The highest BCUT2D eigenvalue weighted by Crippen LogP contribution is 2.50. The largest absolute Gasteiger partial charge is 0.361 e. The van der Waals surface area contributed by atoms with E-state index in [-0.39, 0.29) is 11.0 Å². The molecule has 4 nitrogen and oxygen atoms in total. The average Bonchev–Trinajstić information content (AvgIpc) is 3.22. The smallest absolute Gasteiger partial charge is 0.289 e. The molecule has 0 saturated carbocycles. The standard InChI is InChI=1S/C27H33N4.C2H6/c1-6-27(20-28-16-11-17-29-24-15-10-7-12-21(24)2)26(3,4)23-14-9-8-13-22(23)25-30(5)18-19-31(25)27;1-2/h7-19,29H,6,20H2,1-5H3;1-2H3/q+1;/b17-11-,28-16?;/t27-;/m0./s1. The predicted molar refractivity (Wildman–Crippen MR) is 141 cm³/mol. The van der Waals surface area contributed by atoms with Crippen molar-refractivity contribution in [2.45, 2.75) is 58.9 Å². The van der Waals surface area contributed by atoms with Crippen molar-refractivity contribution in [2.75, 3.05) is 11.9 Å². The molecule has 2 aromatic carbocycles. The molecular weight excluding hydrogens is 404 g/mol. The van der Waals surface area contributed by atoms with Crippen molar-refractivity contribution < 1.29 is 4.57 Å². The van der Waals surface area contributed by atoms with E-state index in [1.807, 2.05) is 38.4 Å². The molecule has 4 rings (SSSR count). The van der Waals surface area contributed by atoms with E-state index in [4.69, 9.17) is 4.99 Å². The van der Waals surface area contributed by atoms with Crippen molar-refractivity contribution in [3.8, 4) is 11.4 Å². The molecule has 4 heteroatoms. The van der Waals surface area contributed by atoms with Crippen molar-refractivity contribution in [2.24, 2.45) is 12.0 Å². The lowest BCUT2D eigenvalue weighted by molar-refractivity contribution is -0.660. The van der Waals surface area contributed by atoms with E-state index in [0.717, 1.165) is 18.7 Å². The summed E-state index contributed by atoms with van der Waals surface area (Å²) < 4.78 is 4.69. The Morgan fingerprint density at radius 3 is 2.48 bits per heavy atom. The Morgan fingerprint density at radius 2 is 1.76 bits per heavy atom. The zero-order valence-electron chi connectivity index (χ0n) is 21.3. The summed E-state index contributed by atoms with van der Waals surface area (Å²) in [5.41, 5.74) is 4.86. The van der Waals surface area contributed by atoms with E-state index in [1.165, 1.54) is 22.5 Å². The van der Waals surface area contributed by atoms with Gasteiger partial charge in [-0.2, -0.15) is 0 Å². The van der Waals surface area contributed by atoms with E-state index in [1.54, 1.807) is 0 Å². The topological polar surface area (TPSA) is 33.2 Å². The number of para-hydroxylation sites is 1. The van der Waals surface area contributed by atoms with Crippen LogP contribution in [0.15, 0.2) is 78.2 Å². The van der Waals surface area contributed by atoms with Crippen LogP contribution in [0, 0.1) is 6.92 Å². The Hall–Kier alpha value is -3.14. The summed E-state index contributed by atoms with van der Waals surface area (Å²) in [5, 5.41) is 3.34. The first-order chi connectivity index (χ1) is 15.9. The average molecular weight is 444 g/mol. The lowest BCUT2D eigenvalue weighted by Gasteiger charge is -2.47. The maximum absolute atomic E-state index is 4.89. The summed E-state index contributed by atoms with van der Waals surface area (Å²) in [5.74, 6) is 1.25. The number of nitrogens with one attached hydrogen (secondary N) is 1. The summed E-state index contributed by atoms with van der Waals surface area (Å²) >= 11 is 0. The third-order valence-electron chi connectivity index (χ3n) is 7.08. The first-order valence-corrected chi connectivity index (χ1v) is 12.1. The molecule has 0 radical (unpaired) electrons. The normalized spacial score (nSPS) is 18.5.